The quantitative estimate of drug-likeness (QED) is 0.500. The van der Waals surface area contributed by atoms with E-state index in [0.29, 0.717) is 23.6 Å². The van der Waals surface area contributed by atoms with Crippen LogP contribution in [0.5, 0.6) is 0 Å². The minimum absolute atomic E-state index is 0.0314. The molecule has 1 N–H and O–H groups in total. The molecule has 1 atom stereocenters. The summed E-state index contributed by atoms with van der Waals surface area (Å²) in [6, 6.07) is 7.72. The van der Waals surface area contributed by atoms with Crippen LogP contribution in [0.1, 0.15) is 22.6 Å². The van der Waals surface area contributed by atoms with Crippen molar-refractivity contribution in [3.63, 3.8) is 0 Å². The van der Waals surface area contributed by atoms with E-state index in [1.165, 1.54) is 11.8 Å². The van der Waals surface area contributed by atoms with Crippen LogP contribution in [0.3, 0.4) is 0 Å². The third kappa shape index (κ3) is 3.79. The lowest BCUT2D eigenvalue weighted by atomic mass is 10.1. The van der Waals surface area contributed by atoms with Crippen molar-refractivity contribution < 1.29 is 13.2 Å². The zero-order chi connectivity index (χ0) is 19.0. The van der Waals surface area contributed by atoms with E-state index in [-0.39, 0.29) is 29.0 Å². The van der Waals surface area contributed by atoms with Crippen LogP contribution in [0.25, 0.3) is 10.9 Å². The van der Waals surface area contributed by atoms with Gasteiger partial charge in [0.1, 0.15) is 5.82 Å². The molecule has 142 valence electrons. The third-order valence-corrected chi connectivity index (χ3v) is 7.80. The Morgan fingerprint density at radius 3 is 2.93 bits per heavy atom. The summed E-state index contributed by atoms with van der Waals surface area (Å²) < 4.78 is 25.1. The average Bonchev–Trinajstić information content (AvgIpc) is 3.31. The van der Waals surface area contributed by atoms with E-state index in [0.717, 1.165) is 16.7 Å². The molecule has 1 fully saturated rings. The van der Waals surface area contributed by atoms with E-state index in [1.807, 2.05) is 35.9 Å². The highest BCUT2D eigenvalue weighted by atomic mass is 32.2. The molecule has 1 aliphatic heterocycles. The second-order valence-corrected chi connectivity index (χ2v) is 10.1. The van der Waals surface area contributed by atoms with Gasteiger partial charge in [0.05, 0.1) is 17.3 Å². The van der Waals surface area contributed by atoms with Crippen molar-refractivity contribution in [3.05, 3.63) is 41.9 Å². The van der Waals surface area contributed by atoms with Gasteiger partial charge in [0, 0.05) is 36.1 Å². The number of Topliss-reactive ketones (excluding diaryl/α,β-unsaturated/α-hetero) is 1. The number of carbonyl (C=O) groups excluding carboxylic acids is 1. The number of benzene rings is 1. The van der Waals surface area contributed by atoms with Gasteiger partial charge in [-0.15, -0.1) is 10.2 Å². The molecule has 7 nitrogen and oxygen atoms in total. The molecule has 1 aromatic carbocycles. The number of hydrogen-bond donors (Lipinski definition) is 1. The summed E-state index contributed by atoms with van der Waals surface area (Å²) >= 11 is 1.35. The Labute approximate surface area is 161 Å². The summed E-state index contributed by atoms with van der Waals surface area (Å²) in [6.07, 6.45) is 3.02. The maximum atomic E-state index is 12.6. The van der Waals surface area contributed by atoms with Crippen molar-refractivity contribution in [2.75, 3.05) is 17.3 Å². The zero-order valence-corrected chi connectivity index (χ0v) is 16.5. The summed E-state index contributed by atoms with van der Waals surface area (Å²) in [5.74, 6) is 1.65. The van der Waals surface area contributed by atoms with E-state index in [4.69, 9.17) is 0 Å². The summed E-state index contributed by atoms with van der Waals surface area (Å²) in [6.45, 7) is 0. The topological polar surface area (TPSA) is 97.7 Å². The summed E-state index contributed by atoms with van der Waals surface area (Å²) in [7, 11) is -1.04. The Balaban J connectivity index is 1.42. The predicted molar refractivity (Wildman–Crippen MR) is 105 cm³/mol. The molecule has 4 rings (SSSR count). The smallest absolute Gasteiger partial charge is 0.191 e. The Morgan fingerprint density at radius 1 is 1.33 bits per heavy atom. The number of H-pyrrole nitrogens is 1. The van der Waals surface area contributed by atoms with Crippen molar-refractivity contribution in [2.24, 2.45) is 13.0 Å². The van der Waals surface area contributed by atoms with Crippen LogP contribution in [-0.4, -0.2) is 51.2 Å². The summed E-state index contributed by atoms with van der Waals surface area (Å²) in [4.78, 5) is 15.7. The van der Waals surface area contributed by atoms with Crippen LogP contribution >= 0.6 is 11.8 Å². The van der Waals surface area contributed by atoms with Gasteiger partial charge < -0.3 is 9.55 Å². The molecule has 0 bridgehead atoms. The number of nitrogens with zero attached hydrogens (tertiary/aromatic N) is 3. The molecule has 0 aliphatic carbocycles. The number of rotatable bonds is 6. The van der Waals surface area contributed by atoms with Crippen molar-refractivity contribution in [1.29, 1.82) is 0 Å². The van der Waals surface area contributed by atoms with Gasteiger partial charge in [-0.1, -0.05) is 30.0 Å². The van der Waals surface area contributed by atoms with Crippen LogP contribution in [0, 0.1) is 5.92 Å². The van der Waals surface area contributed by atoms with Gasteiger partial charge in [0.15, 0.2) is 20.8 Å². The fourth-order valence-electron chi connectivity index (χ4n) is 3.45. The third-order valence-electron chi connectivity index (χ3n) is 4.95. The molecule has 27 heavy (non-hydrogen) atoms. The maximum absolute atomic E-state index is 12.6. The van der Waals surface area contributed by atoms with Gasteiger partial charge in [-0.05, 0) is 18.4 Å². The van der Waals surface area contributed by atoms with E-state index in [1.54, 1.807) is 6.20 Å². The Bertz CT molecular complexity index is 1100. The first kappa shape index (κ1) is 18.2. The number of fused-ring (bicyclic) bond motifs is 1. The molecule has 1 saturated heterocycles. The van der Waals surface area contributed by atoms with Crippen molar-refractivity contribution in [3.8, 4) is 0 Å². The first-order chi connectivity index (χ1) is 12.9. The molecule has 3 aromatic rings. The highest BCUT2D eigenvalue weighted by Crippen LogP contribution is 2.25. The van der Waals surface area contributed by atoms with Crippen LogP contribution in [0.2, 0.25) is 0 Å². The second kappa shape index (κ2) is 7.12. The fourth-order valence-corrected chi connectivity index (χ4v) is 6.12. The number of nitrogens with one attached hydrogen (secondary N) is 1. The second-order valence-electron chi connectivity index (χ2n) is 6.89. The predicted octanol–water partition coefficient (Wildman–Crippen LogP) is 2.25. The molecule has 1 aliphatic rings. The number of carbonyl (C=O) groups is 1. The molecule has 0 amide bonds. The van der Waals surface area contributed by atoms with E-state index < -0.39 is 9.84 Å². The lowest BCUT2D eigenvalue weighted by Crippen LogP contribution is -2.11. The average molecular weight is 405 g/mol. The fraction of sp³-hybridized carbons (Fsp3) is 0.389. The SMILES string of the molecule is Cn1c(C[C@H]2CCS(=O)(=O)C2)nnc1SCC(=O)c1c[nH]c2ccccc12. The van der Waals surface area contributed by atoms with Crippen LogP contribution in [0.15, 0.2) is 35.6 Å². The molecular formula is C18H20N4O3S2. The Hall–Kier alpha value is -2.13. The van der Waals surface area contributed by atoms with Gasteiger partial charge in [-0.3, -0.25) is 4.79 Å². The van der Waals surface area contributed by atoms with Gasteiger partial charge in [-0.2, -0.15) is 0 Å². The monoisotopic (exact) mass is 404 g/mol. The van der Waals surface area contributed by atoms with Gasteiger partial charge >= 0.3 is 0 Å². The highest BCUT2D eigenvalue weighted by molar-refractivity contribution is 7.99. The molecule has 0 unspecified atom stereocenters. The van der Waals surface area contributed by atoms with Crippen LogP contribution in [0.4, 0.5) is 0 Å². The molecular weight excluding hydrogens is 384 g/mol. The Kier molecular flexibility index (Phi) is 4.81. The van der Waals surface area contributed by atoms with Gasteiger partial charge in [-0.25, -0.2) is 8.42 Å². The molecule has 3 heterocycles. The van der Waals surface area contributed by atoms with E-state index in [2.05, 4.69) is 15.2 Å². The van der Waals surface area contributed by atoms with Crippen molar-refractivity contribution in [2.45, 2.75) is 18.0 Å². The van der Waals surface area contributed by atoms with Gasteiger partial charge in [0.2, 0.25) is 0 Å². The zero-order valence-electron chi connectivity index (χ0n) is 14.9. The molecule has 0 spiro atoms. The number of thioether (sulfide) groups is 1. The van der Waals surface area contributed by atoms with Crippen molar-refractivity contribution >= 4 is 38.3 Å². The van der Waals surface area contributed by atoms with Gasteiger partial charge in [0.25, 0.3) is 0 Å². The number of sulfone groups is 1. The summed E-state index contributed by atoms with van der Waals surface area (Å²) in [5, 5.41) is 9.96. The lowest BCUT2D eigenvalue weighted by molar-refractivity contribution is 0.102. The van der Waals surface area contributed by atoms with Crippen LogP contribution < -0.4 is 0 Å². The van der Waals surface area contributed by atoms with E-state index >= 15 is 0 Å². The number of ketones is 1. The van der Waals surface area contributed by atoms with Crippen LogP contribution in [-0.2, 0) is 23.3 Å². The first-order valence-corrected chi connectivity index (χ1v) is 11.5. The molecule has 2 aromatic heterocycles. The number of aromatic amines is 1. The largest absolute Gasteiger partial charge is 0.360 e. The lowest BCUT2D eigenvalue weighted by Gasteiger charge is -2.07. The number of para-hydroxylation sites is 1. The first-order valence-electron chi connectivity index (χ1n) is 8.74. The standard InChI is InChI=1S/C18H20N4O3S2/c1-22-17(8-12-6-7-27(24,25)11-12)20-21-18(22)26-10-16(23)14-9-19-15-5-3-2-4-13(14)15/h2-5,9,12,19H,6-8,10-11H2,1H3/t12-/m1/s1. The molecule has 9 heteroatoms. The van der Waals surface area contributed by atoms with Crippen molar-refractivity contribution in [1.82, 2.24) is 19.7 Å². The highest BCUT2D eigenvalue weighted by Gasteiger charge is 2.29. The number of aromatic nitrogens is 4. The molecule has 0 saturated carbocycles. The number of hydrogen-bond acceptors (Lipinski definition) is 6. The minimum atomic E-state index is -2.90. The molecule has 0 radical (unpaired) electrons. The van der Waals surface area contributed by atoms with E-state index in [9.17, 15) is 13.2 Å². The Morgan fingerprint density at radius 2 is 2.15 bits per heavy atom. The summed E-state index contributed by atoms with van der Waals surface area (Å²) in [5.41, 5.74) is 1.62. The normalized spacial score (nSPS) is 18.9. The minimum Gasteiger partial charge on any atom is -0.360 e. The maximum Gasteiger partial charge on any atom is 0.191 e.